The van der Waals surface area contributed by atoms with Gasteiger partial charge in [0.2, 0.25) is 0 Å². The lowest BCUT2D eigenvalue weighted by Gasteiger charge is -2.21. The van der Waals surface area contributed by atoms with Gasteiger partial charge in [0.05, 0.1) is 0 Å². The van der Waals surface area contributed by atoms with Crippen LogP contribution in [-0.4, -0.2) is 34.9 Å². The Labute approximate surface area is 114 Å². The fourth-order valence-electron chi connectivity index (χ4n) is 1.56. The molecule has 5 heteroatoms. The van der Waals surface area contributed by atoms with Crippen LogP contribution in [0.4, 0.5) is 4.79 Å². The van der Waals surface area contributed by atoms with E-state index in [1.165, 1.54) is 0 Å². The summed E-state index contributed by atoms with van der Waals surface area (Å²) in [5.74, 6) is -0.0672. The third-order valence-corrected chi connectivity index (χ3v) is 2.42. The minimum Gasteiger partial charge on any atom is -0.444 e. The standard InChI is InChI=1S/C14H22N2O3/c1-14(2,3)19-13(18)16-9-11(10-17)8-12-6-4-5-7-15-12/h4-7,11,17H,8-10H2,1-3H3,(H,16,18)/t11-/m0/s1. The average molecular weight is 266 g/mol. The van der Waals surface area contributed by atoms with Gasteiger partial charge in [0.1, 0.15) is 5.60 Å². The van der Waals surface area contributed by atoms with Gasteiger partial charge in [0.25, 0.3) is 0 Å². The highest BCUT2D eigenvalue weighted by atomic mass is 16.6. The number of nitrogens with one attached hydrogen (secondary N) is 1. The normalized spacial score (nSPS) is 12.8. The van der Waals surface area contributed by atoms with Gasteiger partial charge in [-0.3, -0.25) is 4.98 Å². The fraction of sp³-hybridized carbons (Fsp3) is 0.571. The monoisotopic (exact) mass is 266 g/mol. The summed E-state index contributed by atoms with van der Waals surface area (Å²) in [4.78, 5) is 15.7. The first kappa shape index (κ1) is 15.4. The van der Waals surface area contributed by atoms with Crippen LogP contribution in [0.15, 0.2) is 24.4 Å². The molecule has 0 radical (unpaired) electrons. The lowest BCUT2D eigenvalue weighted by atomic mass is 10.0. The van der Waals surface area contributed by atoms with Crippen molar-refractivity contribution in [3.8, 4) is 0 Å². The molecule has 0 aliphatic heterocycles. The molecule has 0 bridgehead atoms. The van der Waals surface area contributed by atoms with Crippen LogP contribution in [0.25, 0.3) is 0 Å². The second-order valence-electron chi connectivity index (χ2n) is 5.46. The van der Waals surface area contributed by atoms with E-state index in [0.29, 0.717) is 13.0 Å². The average Bonchev–Trinajstić information content (AvgIpc) is 2.33. The summed E-state index contributed by atoms with van der Waals surface area (Å²) in [6, 6.07) is 5.64. The molecule has 0 saturated heterocycles. The molecule has 1 aromatic rings. The summed E-state index contributed by atoms with van der Waals surface area (Å²) in [6.07, 6.45) is 1.87. The number of hydrogen-bond donors (Lipinski definition) is 2. The van der Waals surface area contributed by atoms with Gasteiger partial charge in [0.15, 0.2) is 0 Å². The van der Waals surface area contributed by atoms with Crippen LogP contribution in [0.3, 0.4) is 0 Å². The highest BCUT2D eigenvalue weighted by molar-refractivity contribution is 5.67. The number of amides is 1. The number of aromatic nitrogens is 1. The molecule has 1 atom stereocenters. The van der Waals surface area contributed by atoms with Crippen molar-refractivity contribution in [3.05, 3.63) is 30.1 Å². The Balaban J connectivity index is 2.39. The first-order valence-electron chi connectivity index (χ1n) is 6.38. The molecule has 0 fully saturated rings. The summed E-state index contributed by atoms with van der Waals surface area (Å²) < 4.78 is 5.14. The number of carbonyl (C=O) groups excluding carboxylic acids is 1. The van der Waals surface area contributed by atoms with Crippen LogP contribution in [0.1, 0.15) is 26.5 Å². The number of alkyl carbamates (subject to hydrolysis) is 1. The van der Waals surface area contributed by atoms with Gasteiger partial charge in [-0.2, -0.15) is 0 Å². The summed E-state index contributed by atoms with van der Waals surface area (Å²) in [6.45, 7) is 5.78. The van der Waals surface area contributed by atoms with E-state index in [-0.39, 0.29) is 12.5 Å². The molecule has 106 valence electrons. The predicted molar refractivity (Wildman–Crippen MR) is 72.8 cm³/mol. The highest BCUT2D eigenvalue weighted by Gasteiger charge is 2.17. The second kappa shape index (κ2) is 7.09. The molecule has 0 spiro atoms. The molecule has 0 aromatic carbocycles. The van der Waals surface area contributed by atoms with Crippen LogP contribution in [0.2, 0.25) is 0 Å². The molecule has 2 N–H and O–H groups in total. The Morgan fingerprint density at radius 1 is 1.47 bits per heavy atom. The van der Waals surface area contributed by atoms with E-state index in [2.05, 4.69) is 10.3 Å². The van der Waals surface area contributed by atoms with E-state index in [4.69, 9.17) is 4.74 Å². The molecule has 5 nitrogen and oxygen atoms in total. The molecule has 0 unspecified atom stereocenters. The molecule has 0 aliphatic carbocycles. The maximum absolute atomic E-state index is 11.5. The van der Waals surface area contributed by atoms with E-state index in [9.17, 15) is 9.90 Å². The maximum atomic E-state index is 11.5. The lowest BCUT2D eigenvalue weighted by Crippen LogP contribution is -2.36. The zero-order valence-electron chi connectivity index (χ0n) is 11.7. The summed E-state index contributed by atoms with van der Waals surface area (Å²) in [5, 5.41) is 12.0. The van der Waals surface area contributed by atoms with Crippen LogP contribution >= 0.6 is 0 Å². The smallest absolute Gasteiger partial charge is 0.407 e. The number of aliphatic hydroxyl groups is 1. The van der Waals surface area contributed by atoms with Crippen molar-refractivity contribution in [2.24, 2.45) is 5.92 Å². The predicted octanol–water partition coefficient (Wildman–Crippen LogP) is 1.76. The third kappa shape index (κ3) is 6.76. The van der Waals surface area contributed by atoms with Gasteiger partial charge in [-0.25, -0.2) is 4.79 Å². The van der Waals surface area contributed by atoms with Gasteiger partial charge in [0, 0.05) is 31.0 Å². The number of hydrogen-bond acceptors (Lipinski definition) is 4. The minimum absolute atomic E-state index is 0.00757. The van der Waals surface area contributed by atoms with E-state index < -0.39 is 11.7 Å². The Morgan fingerprint density at radius 3 is 2.74 bits per heavy atom. The van der Waals surface area contributed by atoms with Crippen molar-refractivity contribution in [3.63, 3.8) is 0 Å². The van der Waals surface area contributed by atoms with Gasteiger partial charge in [-0.15, -0.1) is 0 Å². The van der Waals surface area contributed by atoms with Crippen LogP contribution in [-0.2, 0) is 11.2 Å². The summed E-state index contributed by atoms with van der Waals surface area (Å²) in [5.41, 5.74) is 0.382. The largest absolute Gasteiger partial charge is 0.444 e. The molecule has 1 heterocycles. The van der Waals surface area contributed by atoms with Crippen LogP contribution < -0.4 is 5.32 Å². The third-order valence-electron chi connectivity index (χ3n) is 2.42. The van der Waals surface area contributed by atoms with Crippen molar-refractivity contribution >= 4 is 6.09 Å². The summed E-state index contributed by atoms with van der Waals surface area (Å²) in [7, 11) is 0. The fourth-order valence-corrected chi connectivity index (χ4v) is 1.56. The van der Waals surface area contributed by atoms with Crippen LogP contribution in [0, 0.1) is 5.92 Å². The maximum Gasteiger partial charge on any atom is 0.407 e. The van der Waals surface area contributed by atoms with Crippen molar-refractivity contribution < 1.29 is 14.6 Å². The molecule has 0 saturated carbocycles. The van der Waals surface area contributed by atoms with Crippen molar-refractivity contribution in [2.45, 2.75) is 32.8 Å². The van der Waals surface area contributed by atoms with E-state index in [0.717, 1.165) is 5.69 Å². The molecule has 1 amide bonds. The zero-order valence-corrected chi connectivity index (χ0v) is 11.7. The Hall–Kier alpha value is -1.62. The highest BCUT2D eigenvalue weighted by Crippen LogP contribution is 2.08. The van der Waals surface area contributed by atoms with Crippen LogP contribution in [0.5, 0.6) is 0 Å². The number of carbonyl (C=O) groups is 1. The van der Waals surface area contributed by atoms with Gasteiger partial charge < -0.3 is 15.2 Å². The number of aliphatic hydroxyl groups excluding tert-OH is 1. The van der Waals surface area contributed by atoms with E-state index in [1.807, 2.05) is 39.0 Å². The first-order chi connectivity index (χ1) is 8.90. The lowest BCUT2D eigenvalue weighted by molar-refractivity contribution is 0.0512. The summed E-state index contributed by atoms with van der Waals surface area (Å²) >= 11 is 0. The van der Waals surface area contributed by atoms with Gasteiger partial charge in [-0.1, -0.05) is 6.07 Å². The number of nitrogens with zero attached hydrogens (tertiary/aromatic N) is 1. The zero-order chi connectivity index (χ0) is 14.3. The van der Waals surface area contributed by atoms with E-state index in [1.54, 1.807) is 6.20 Å². The van der Waals surface area contributed by atoms with E-state index >= 15 is 0 Å². The number of pyridine rings is 1. The van der Waals surface area contributed by atoms with Gasteiger partial charge >= 0.3 is 6.09 Å². The Bertz CT molecular complexity index is 387. The van der Waals surface area contributed by atoms with Crippen molar-refractivity contribution in [1.29, 1.82) is 0 Å². The van der Waals surface area contributed by atoms with Gasteiger partial charge in [-0.05, 0) is 39.3 Å². The van der Waals surface area contributed by atoms with Crippen molar-refractivity contribution in [2.75, 3.05) is 13.2 Å². The molecule has 1 aromatic heterocycles. The quantitative estimate of drug-likeness (QED) is 0.852. The van der Waals surface area contributed by atoms with Crippen molar-refractivity contribution in [1.82, 2.24) is 10.3 Å². The molecular weight excluding hydrogens is 244 g/mol. The SMILES string of the molecule is CC(C)(C)OC(=O)NC[C@@H](CO)Cc1ccccn1. The topological polar surface area (TPSA) is 71.5 Å². The molecular formula is C14H22N2O3. The minimum atomic E-state index is -0.514. The molecule has 1 rings (SSSR count). The Morgan fingerprint density at radius 2 is 2.21 bits per heavy atom. The second-order valence-corrected chi connectivity index (χ2v) is 5.46. The Kier molecular flexibility index (Phi) is 5.76. The molecule has 0 aliphatic rings. The molecule has 19 heavy (non-hydrogen) atoms. The number of rotatable bonds is 5. The first-order valence-corrected chi connectivity index (χ1v) is 6.38. The number of ether oxygens (including phenoxy) is 1.